The maximum Gasteiger partial charge on any atom is 0.290 e. The van der Waals surface area contributed by atoms with Crippen molar-refractivity contribution in [3.63, 3.8) is 0 Å². The first-order valence-electron chi connectivity index (χ1n) is 12.6. The number of ether oxygens (including phenoxy) is 2. The number of benzene rings is 3. The molecule has 0 fully saturated rings. The van der Waals surface area contributed by atoms with Gasteiger partial charge in [-0.2, -0.15) is 0 Å². The Morgan fingerprint density at radius 1 is 1.00 bits per heavy atom. The van der Waals surface area contributed by atoms with E-state index in [1.807, 2.05) is 48.5 Å². The molecule has 6 rings (SSSR count). The van der Waals surface area contributed by atoms with E-state index in [1.165, 1.54) is 4.90 Å². The Labute approximate surface area is 233 Å². The molecule has 3 heterocycles. The Balaban J connectivity index is 1.42. The third-order valence-corrected chi connectivity index (χ3v) is 7.63. The molecule has 1 amide bonds. The number of hydrogen-bond donors (Lipinski definition) is 1. The lowest BCUT2D eigenvalue weighted by Gasteiger charge is -2.28. The fourth-order valence-corrected chi connectivity index (χ4v) is 5.43. The number of aliphatic hydroxyl groups excluding tert-OH is 1. The van der Waals surface area contributed by atoms with Crippen LogP contribution >= 0.6 is 15.9 Å². The molecule has 1 N–H and O–H groups in total. The van der Waals surface area contributed by atoms with Crippen LogP contribution in [0.2, 0.25) is 0 Å². The second kappa shape index (κ2) is 9.31. The van der Waals surface area contributed by atoms with E-state index in [2.05, 4.69) is 36.7 Å². The zero-order valence-corrected chi connectivity index (χ0v) is 23.2. The standard InChI is InChI=1S/C31H26BrNO6/c1-31(2,3)20-7-5-18(6-8-20)27-26(28(34)25-14-19-13-21(32)9-11-22(19)39-25)29(35)30(36)33(27)15-17-4-10-23-24(12-17)38-16-37-23/h4-14,27,35H,15-16H2,1-3H3. The number of halogens is 1. The number of aliphatic hydroxyl groups is 1. The van der Waals surface area contributed by atoms with Crippen molar-refractivity contribution < 1.29 is 28.6 Å². The van der Waals surface area contributed by atoms with Crippen LogP contribution in [0.5, 0.6) is 11.5 Å². The number of furan rings is 1. The van der Waals surface area contributed by atoms with Crippen molar-refractivity contribution in [3.8, 4) is 11.5 Å². The van der Waals surface area contributed by atoms with Gasteiger partial charge in [-0.1, -0.05) is 67.0 Å². The summed E-state index contributed by atoms with van der Waals surface area (Å²) in [5.41, 5.74) is 3.05. The van der Waals surface area contributed by atoms with Gasteiger partial charge in [0.05, 0.1) is 11.6 Å². The van der Waals surface area contributed by atoms with Gasteiger partial charge in [0.2, 0.25) is 12.6 Å². The number of carbonyl (C=O) groups is 2. The number of fused-ring (bicyclic) bond motifs is 2. The largest absolute Gasteiger partial charge is 0.503 e. The molecule has 4 aromatic rings. The lowest BCUT2D eigenvalue weighted by Crippen LogP contribution is -2.30. The van der Waals surface area contributed by atoms with Gasteiger partial charge in [0.25, 0.3) is 5.91 Å². The van der Waals surface area contributed by atoms with Gasteiger partial charge in [-0.05, 0) is 58.5 Å². The molecule has 2 aliphatic rings. The normalized spacial score (nSPS) is 17.0. The molecule has 198 valence electrons. The van der Waals surface area contributed by atoms with Crippen LogP contribution in [0.3, 0.4) is 0 Å². The number of ketones is 1. The Morgan fingerprint density at radius 2 is 1.74 bits per heavy atom. The van der Waals surface area contributed by atoms with Crippen molar-refractivity contribution in [2.24, 2.45) is 0 Å². The number of amides is 1. The minimum atomic E-state index is -0.815. The predicted octanol–water partition coefficient (Wildman–Crippen LogP) is 7.00. The van der Waals surface area contributed by atoms with Crippen LogP contribution in [0.1, 0.15) is 54.1 Å². The molecular formula is C31H26BrNO6. The molecule has 0 radical (unpaired) electrons. The van der Waals surface area contributed by atoms with Crippen molar-refractivity contribution >= 4 is 38.6 Å². The van der Waals surface area contributed by atoms with Crippen molar-refractivity contribution in [1.82, 2.24) is 4.90 Å². The molecule has 2 aliphatic heterocycles. The van der Waals surface area contributed by atoms with E-state index in [4.69, 9.17) is 13.9 Å². The first kappa shape index (κ1) is 25.2. The summed E-state index contributed by atoms with van der Waals surface area (Å²) in [5.74, 6) is -0.460. The maximum atomic E-state index is 13.9. The SMILES string of the molecule is CC(C)(C)c1ccc(C2C(C(=O)c3cc4cc(Br)ccc4o3)=C(O)C(=O)N2Cc2ccc3c(c2)OCO3)cc1. The van der Waals surface area contributed by atoms with Gasteiger partial charge < -0.3 is 23.9 Å². The van der Waals surface area contributed by atoms with E-state index >= 15 is 0 Å². The highest BCUT2D eigenvalue weighted by atomic mass is 79.9. The zero-order valence-electron chi connectivity index (χ0n) is 21.7. The maximum absolute atomic E-state index is 13.9. The lowest BCUT2D eigenvalue weighted by atomic mass is 9.85. The topological polar surface area (TPSA) is 89.2 Å². The lowest BCUT2D eigenvalue weighted by molar-refractivity contribution is -0.130. The predicted molar refractivity (Wildman–Crippen MR) is 149 cm³/mol. The highest BCUT2D eigenvalue weighted by Crippen LogP contribution is 2.42. The van der Waals surface area contributed by atoms with Crippen LogP contribution in [-0.2, 0) is 16.8 Å². The summed E-state index contributed by atoms with van der Waals surface area (Å²) >= 11 is 3.44. The van der Waals surface area contributed by atoms with Crippen LogP contribution in [0.15, 0.2) is 87.0 Å². The van der Waals surface area contributed by atoms with Gasteiger partial charge in [0.1, 0.15) is 5.58 Å². The molecular weight excluding hydrogens is 562 g/mol. The summed E-state index contributed by atoms with van der Waals surface area (Å²) in [6.07, 6.45) is 0. The van der Waals surface area contributed by atoms with Crippen molar-refractivity contribution in [1.29, 1.82) is 0 Å². The van der Waals surface area contributed by atoms with Crippen LogP contribution < -0.4 is 9.47 Å². The quantitative estimate of drug-likeness (QED) is 0.253. The second-order valence-electron chi connectivity index (χ2n) is 10.8. The molecule has 0 aliphatic carbocycles. The molecule has 1 aromatic heterocycles. The smallest absolute Gasteiger partial charge is 0.290 e. The van der Waals surface area contributed by atoms with E-state index < -0.39 is 23.5 Å². The molecule has 3 aromatic carbocycles. The van der Waals surface area contributed by atoms with Gasteiger partial charge >= 0.3 is 0 Å². The molecule has 0 spiro atoms. The highest BCUT2D eigenvalue weighted by Gasteiger charge is 2.44. The van der Waals surface area contributed by atoms with Gasteiger partial charge in [0, 0.05) is 16.4 Å². The summed E-state index contributed by atoms with van der Waals surface area (Å²) in [4.78, 5) is 28.9. The third-order valence-electron chi connectivity index (χ3n) is 7.13. The first-order valence-corrected chi connectivity index (χ1v) is 13.4. The van der Waals surface area contributed by atoms with E-state index in [-0.39, 0.29) is 30.1 Å². The Hall–Kier alpha value is -4.04. The molecule has 0 saturated heterocycles. The molecule has 1 atom stereocenters. The molecule has 7 nitrogen and oxygen atoms in total. The fourth-order valence-electron chi connectivity index (χ4n) is 5.06. The summed E-state index contributed by atoms with van der Waals surface area (Å²) < 4.78 is 17.6. The zero-order chi connectivity index (χ0) is 27.5. The number of Topliss-reactive ketones (excluding diaryl/α,β-unsaturated/α-hetero) is 1. The Bertz CT molecular complexity index is 1660. The van der Waals surface area contributed by atoms with Gasteiger partial charge in [-0.25, -0.2) is 0 Å². The number of rotatable bonds is 5. The summed E-state index contributed by atoms with van der Waals surface area (Å²) in [7, 11) is 0. The van der Waals surface area contributed by atoms with Crippen molar-refractivity contribution in [2.75, 3.05) is 6.79 Å². The summed E-state index contributed by atoms with van der Waals surface area (Å²) in [6, 6.07) is 19.5. The van der Waals surface area contributed by atoms with Gasteiger partial charge in [-0.15, -0.1) is 0 Å². The average molecular weight is 588 g/mol. The van der Waals surface area contributed by atoms with Crippen molar-refractivity contribution in [2.45, 2.75) is 38.8 Å². The van der Waals surface area contributed by atoms with Crippen molar-refractivity contribution in [3.05, 3.63) is 105 Å². The minimum Gasteiger partial charge on any atom is -0.503 e. The van der Waals surface area contributed by atoms with Gasteiger partial charge in [0.15, 0.2) is 23.0 Å². The number of carbonyl (C=O) groups excluding carboxylic acids is 2. The van der Waals surface area contributed by atoms with E-state index in [0.717, 1.165) is 21.0 Å². The summed E-state index contributed by atoms with van der Waals surface area (Å²) in [5, 5.41) is 11.8. The third kappa shape index (κ3) is 4.48. The molecule has 39 heavy (non-hydrogen) atoms. The summed E-state index contributed by atoms with van der Waals surface area (Å²) in [6.45, 7) is 6.64. The van der Waals surface area contributed by atoms with E-state index in [0.29, 0.717) is 22.6 Å². The van der Waals surface area contributed by atoms with Crippen LogP contribution in [0, 0.1) is 0 Å². The van der Waals surface area contributed by atoms with E-state index in [9.17, 15) is 14.7 Å². The van der Waals surface area contributed by atoms with Crippen LogP contribution in [0.25, 0.3) is 11.0 Å². The van der Waals surface area contributed by atoms with Gasteiger partial charge in [-0.3, -0.25) is 9.59 Å². The molecule has 8 heteroatoms. The molecule has 0 saturated carbocycles. The minimum absolute atomic E-state index is 0.0117. The Kier molecular flexibility index (Phi) is 6.03. The monoisotopic (exact) mass is 587 g/mol. The number of hydrogen-bond acceptors (Lipinski definition) is 6. The van der Waals surface area contributed by atoms with Crippen LogP contribution in [0.4, 0.5) is 0 Å². The van der Waals surface area contributed by atoms with E-state index in [1.54, 1.807) is 18.2 Å². The second-order valence-corrected chi connectivity index (χ2v) is 11.7. The number of nitrogens with zero attached hydrogens (tertiary/aromatic N) is 1. The first-order chi connectivity index (χ1) is 18.6. The Morgan fingerprint density at radius 3 is 2.49 bits per heavy atom. The van der Waals surface area contributed by atoms with Crippen LogP contribution in [-0.4, -0.2) is 28.5 Å². The average Bonchev–Trinajstić information content (AvgIpc) is 3.60. The molecule has 1 unspecified atom stereocenters. The highest BCUT2D eigenvalue weighted by molar-refractivity contribution is 9.10. The fraction of sp³-hybridized carbons (Fsp3) is 0.226. The molecule has 0 bridgehead atoms.